The van der Waals surface area contributed by atoms with E-state index in [1.54, 1.807) is 25.3 Å². The van der Waals surface area contributed by atoms with Crippen LogP contribution in [0.2, 0.25) is 0 Å². The van der Waals surface area contributed by atoms with Crippen LogP contribution in [0.15, 0.2) is 72.8 Å². The minimum atomic E-state index is -1.06. The van der Waals surface area contributed by atoms with E-state index in [-0.39, 0.29) is 19.4 Å². The van der Waals surface area contributed by atoms with E-state index < -0.39 is 23.1 Å². The SMILES string of the molecule is CCc1cc(COc2ccc(C[C@]3(C(N)=O)C[C@@H]3C(=O)N(O)Cc3ccc(OC)cc3OC)cc2)c2ccccc2n1. The number of amides is 2. The molecule has 2 amide bonds. The van der Waals surface area contributed by atoms with Crippen molar-refractivity contribution in [2.45, 2.75) is 39.3 Å². The molecule has 3 N–H and O–H groups in total. The standard InChI is InChI=1S/C33H35N3O6/c1-4-24-15-23(27-7-5-6-8-29(27)35-24)20-42-25-12-9-21(10-13-25)17-33(32(34)38)18-28(33)31(37)36(39)19-22-11-14-26(40-2)16-30(22)41-3/h5-16,28,39H,4,17-20H2,1-3H3,(H2,34,38)/t28-,33+/m1/s1. The van der Waals surface area contributed by atoms with Gasteiger partial charge in [0, 0.05) is 28.3 Å². The van der Waals surface area contributed by atoms with Crippen LogP contribution < -0.4 is 19.9 Å². The first kappa shape index (κ1) is 28.9. The summed E-state index contributed by atoms with van der Waals surface area (Å²) in [5, 5.41) is 12.3. The summed E-state index contributed by atoms with van der Waals surface area (Å²) in [5.41, 5.74) is 9.20. The fourth-order valence-electron chi connectivity index (χ4n) is 5.42. The maximum Gasteiger partial charge on any atom is 0.250 e. The van der Waals surface area contributed by atoms with E-state index in [0.717, 1.165) is 34.1 Å². The van der Waals surface area contributed by atoms with Gasteiger partial charge in [-0.15, -0.1) is 0 Å². The molecule has 1 aliphatic rings. The number of hydrogen-bond donors (Lipinski definition) is 2. The second-order valence-electron chi connectivity index (χ2n) is 10.6. The summed E-state index contributed by atoms with van der Waals surface area (Å²) in [6.07, 6.45) is 1.39. The maximum atomic E-state index is 13.1. The number of aromatic nitrogens is 1. The first-order valence-electron chi connectivity index (χ1n) is 13.9. The fraction of sp³-hybridized carbons (Fsp3) is 0.303. The Labute approximate surface area is 244 Å². The number of rotatable bonds is 12. The average Bonchev–Trinajstić information content (AvgIpc) is 3.75. The van der Waals surface area contributed by atoms with Gasteiger partial charge in [0.1, 0.15) is 23.9 Å². The van der Waals surface area contributed by atoms with Gasteiger partial charge in [-0.25, -0.2) is 5.06 Å². The zero-order chi connectivity index (χ0) is 29.9. The first-order chi connectivity index (χ1) is 20.3. The number of nitrogens with two attached hydrogens (primary N) is 1. The topological polar surface area (TPSA) is 124 Å². The number of primary amides is 1. The number of ether oxygens (including phenoxy) is 3. The van der Waals surface area contributed by atoms with Crippen LogP contribution in [0.1, 0.15) is 35.7 Å². The van der Waals surface area contributed by atoms with Crippen molar-refractivity contribution in [1.82, 2.24) is 10.0 Å². The Hall–Kier alpha value is -4.63. The molecule has 0 bridgehead atoms. The van der Waals surface area contributed by atoms with Crippen molar-refractivity contribution in [2.75, 3.05) is 14.2 Å². The molecule has 218 valence electrons. The Morgan fingerprint density at radius 2 is 1.74 bits per heavy atom. The van der Waals surface area contributed by atoms with Crippen LogP contribution in [0.3, 0.4) is 0 Å². The minimum absolute atomic E-state index is 0.101. The van der Waals surface area contributed by atoms with Crippen molar-refractivity contribution in [3.05, 3.63) is 95.2 Å². The first-order valence-corrected chi connectivity index (χ1v) is 13.9. The summed E-state index contributed by atoms with van der Waals surface area (Å²) in [4.78, 5) is 30.4. The van der Waals surface area contributed by atoms with Crippen molar-refractivity contribution in [3.63, 3.8) is 0 Å². The van der Waals surface area contributed by atoms with Crippen LogP contribution in [-0.2, 0) is 35.6 Å². The highest BCUT2D eigenvalue weighted by Crippen LogP contribution is 2.55. The molecule has 42 heavy (non-hydrogen) atoms. The summed E-state index contributed by atoms with van der Waals surface area (Å²) in [7, 11) is 3.04. The van der Waals surface area contributed by atoms with Crippen molar-refractivity contribution < 1.29 is 29.0 Å². The van der Waals surface area contributed by atoms with Crippen LogP contribution in [0.4, 0.5) is 0 Å². The number of para-hydroxylation sites is 1. The van der Waals surface area contributed by atoms with E-state index in [0.29, 0.717) is 34.5 Å². The van der Waals surface area contributed by atoms with Crippen LogP contribution >= 0.6 is 0 Å². The molecule has 9 nitrogen and oxygen atoms in total. The van der Waals surface area contributed by atoms with Gasteiger partial charge in [-0.3, -0.25) is 19.8 Å². The van der Waals surface area contributed by atoms with Gasteiger partial charge in [0.25, 0.3) is 0 Å². The van der Waals surface area contributed by atoms with Gasteiger partial charge < -0.3 is 19.9 Å². The number of benzene rings is 3. The van der Waals surface area contributed by atoms with Gasteiger partial charge in [-0.2, -0.15) is 0 Å². The van der Waals surface area contributed by atoms with Crippen LogP contribution in [0, 0.1) is 11.3 Å². The molecule has 5 rings (SSSR count). The number of hydrogen-bond acceptors (Lipinski definition) is 7. The molecule has 0 radical (unpaired) electrons. The monoisotopic (exact) mass is 569 g/mol. The number of methoxy groups -OCH3 is 2. The molecule has 1 heterocycles. The zero-order valence-corrected chi connectivity index (χ0v) is 24.0. The Morgan fingerprint density at radius 1 is 1.00 bits per heavy atom. The van der Waals surface area contributed by atoms with Gasteiger partial charge >= 0.3 is 0 Å². The van der Waals surface area contributed by atoms with Gasteiger partial charge in [-0.1, -0.05) is 37.3 Å². The van der Waals surface area contributed by atoms with Gasteiger partial charge in [0.05, 0.1) is 37.6 Å². The fourth-order valence-corrected chi connectivity index (χ4v) is 5.42. The summed E-state index contributed by atoms with van der Waals surface area (Å²) in [6.45, 7) is 2.37. The minimum Gasteiger partial charge on any atom is -0.497 e. The smallest absolute Gasteiger partial charge is 0.250 e. The largest absolute Gasteiger partial charge is 0.497 e. The summed E-state index contributed by atoms with van der Waals surface area (Å²) in [6, 6.07) is 22.6. The molecule has 3 aromatic carbocycles. The Morgan fingerprint density at radius 3 is 2.43 bits per heavy atom. The van der Waals surface area contributed by atoms with Crippen molar-refractivity contribution in [3.8, 4) is 17.2 Å². The Bertz CT molecular complexity index is 1610. The molecule has 9 heteroatoms. The molecule has 2 atom stereocenters. The van der Waals surface area contributed by atoms with Crippen molar-refractivity contribution in [1.29, 1.82) is 0 Å². The number of carbonyl (C=O) groups excluding carboxylic acids is 2. The highest BCUT2D eigenvalue weighted by molar-refractivity contribution is 5.95. The molecule has 0 unspecified atom stereocenters. The lowest BCUT2D eigenvalue weighted by atomic mass is 9.92. The third-order valence-corrected chi connectivity index (χ3v) is 7.99. The summed E-state index contributed by atoms with van der Waals surface area (Å²) in [5.74, 6) is -0.0784. The number of hydroxylamine groups is 2. The van der Waals surface area contributed by atoms with E-state index in [2.05, 4.69) is 13.0 Å². The number of nitrogens with zero attached hydrogens (tertiary/aromatic N) is 2. The molecule has 0 spiro atoms. The number of aryl methyl sites for hydroxylation is 1. The second kappa shape index (κ2) is 12.1. The van der Waals surface area contributed by atoms with Crippen LogP contribution in [0.5, 0.6) is 17.2 Å². The summed E-state index contributed by atoms with van der Waals surface area (Å²) >= 11 is 0. The molecular weight excluding hydrogens is 534 g/mol. The molecule has 1 fully saturated rings. The van der Waals surface area contributed by atoms with E-state index in [4.69, 9.17) is 24.9 Å². The lowest BCUT2D eigenvalue weighted by molar-refractivity contribution is -0.171. The third-order valence-electron chi connectivity index (χ3n) is 7.99. The molecule has 0 saturated heterocycles. The molecule has 1 aromatic heterocycles. The quantitative estimate of drug-likeness (QED) is 0.185. The lowest BCUT2D eigenvalue weighted by Gasteiger charge is -2.19. The van der Waals surface area contributed by atoms with Gasteiger partial charge in [0.15, 0.2) is 0 Å². The van der Waals surface area contributed by atoms with E-state index in [1.807, 2.05) is 48.5 Å². The van der Waals surface area contributed by atoms with Crippen molar-refractivity contribution in [2.24, 2.45) is 17.1 Å². The highest BCUT2D eigenvalue weighted by Gasteiger charge is 2.63. The molecule has 4 aromatic rings. The van der Waals surface area contributed by atoms with Crippen LogP contribution in [-0.4, -0.2) is 41.3 Å². The summed E-state index contributed by atoms with van der Waals surface area (Å²) < 4.78 is 16.7. The zero-order valence-electron chi connectivity index (χ0n) is 24.0. The maximum absolute atomic E-state index is 13.1. The molecule has 1 aliphatic carbocycles. The molecular formula is C33H35N3O6. The molecule has 1 saturated carbocycles. The third kappa shape index (κ3) is 5.87. The predicted octanol–water partition coefficient (Wildman–Crippen LogP) is 4.85. The van der Waals surface area contributed by atoms with E-state index in [9.17, 15) is 14.8 Å². The number of carbonyl (C=O) groups is 2. The van der Waals surface area contributed by atoms with Gasteiger partial charge in [-0.05, 0) is 61.2 Å². The second-order valence-corrected chi connectivity index (χ2v) is 10.6. The normalized spacial score (nSPS) is 17.5. The van der Waals surface area contributed by atoms with E-state index in [1.165, 1.54) is 7.11 Å². The van der Waals surface area contributed by atoms with E-state index >= 15 is 0 Å². The lowest BCUT2D eigenvalue weighted by Crippen LogP contribution is -2.35. The highest BCUT2D eigenvalue weighted by atomic mass is 16.5. The van der Waals surface area contributed by atoms with Crippen LogP contribution in [0.25, 0.3) is 10.9 Å². The van der Waals surface area contributed by atoms with Gasteiger partial charge in [0.2, 0.25) is 11.8 Å². The molecule has 0 aliphatic heterocycles. The number of fused-ring (bicyclic) bond motifs is 1. The Kier molecular flexibility index (Phi) is 8.31. The predicted molar refractivity (Wildman–Crippen MR) is 157 cm³/mol. The number of pyridine rings is 1. The Balaban J connectivity index is 1.23. The average molecular weight is 570 g/mol. The van der Waals surface area contributed by atoms with Crippen molar-refractivity contribution >= 4 is 22.7 Å².